The van der Waals surface area contributed by atoms with Crippen LogP contribution in [0.1, 0.15) is 32.8 Å². The van der Waals surface area contributed by atoms with Crippen molar-refractivity contribution in [3.8, 4) is 22.6 Å². The second-order valence-corrected chi connectivity index (χ2v) is 8.02. The van der Waals surface area contributed by atoms with Crippen molar-refractivity contribution in [1.82, 2.24) is 0 Å². The number of ether oxygens (including phenoxy) is 2. The summed E-state index contributed by atoms with van der Waals surface area (Å²) in [6.45, 7) is 6.23. The lowest BCUT2D eigenvalue weighted by molar-refractivity contribution is -0.118. The molecule has 2 aromatic carbocycles. The predicted molar refractivity (Wildman–Crippen MR) is 98.0 cm³/mol. The van der Waals surface area contributed by atoms with Gasteiger partial charge in [0.2, 0.25) is 0 Å². The molecule has 0 aromatic heterocycles. The molecule has 1 aliphatic heterocycles. The molecule has 1 heterocycles. The third-order valence-electron chi connectivity index (χ3n) is 5.24. The molecule has 2 unspecified atom stereocenters. The molecular formula is C22H23FO3. The van der Waals surface area contributed by atoms with E-state index in [0.29, 0.717) is 18.3 Å². The summed E-state index contributed by atoms with van der Waals surface area (Å²) >= 11 is 0. The van der Waals surface area contributed by atoms with Crippen LogP contribution in [0.4, 0.5) is 4.39 Å². The van der Waals surface area contributed by atoms with Gasteiger partial charge >= 0.3 is 0 Å². The van der Waals surface area contributed by atoms with Crippen LogP contribution in [0.15, 0.2) is 36.4 Å². The van der Waals surface area contributed by atoms with E-state index in [1.165, 1.54) is 6.07 Å². The van der Waals surface area contributed by atoms with Crippen LogP contribution >= 0.6 is 0 Å². The third-order valence-corrected chi connectivity index (χ3v) is 5.24. The Labute approximate surface area is 153 Å². The highest BCUT2D eigenvalue weighted by Crippen LogP contribution is 2.42. The minimum absolute atomic E-state index is 0.174. The van der Waals surface area contributed by atoms with Crippen LogP contribution in [0.25, 0.3) is 11.1 Å². The number of ketones is 1. The van der Waals surface area contributed by atoms with Crippen LogP contribution in [-0.4, -0.2) is 18.0 Å². The van der Waals surface area contributed by atoms with Crippen molar-refractivity contribution in [3.63, 3.8) is 0 Å². The summed E-state index contributed by atoms with van der Waals surface area (Å²) in [5.41, 5.74) is 2.55. The second kappa shape index (κ2) is 6.11. The Bertz CT molecular complexity index is 854. The molecule has 0 saturated heterocycles. The number of hydrogen-bond donors (Lipinski definition) is 0. The molecule has 1 saturated carbocycles. The minimum atomic E-state index is -0.314. The molecule has 4 heteroatoms. The first-order valence-corrected chi connectivity index (χ1v) is 9.07. The summed E-state index contributed by atoms with van der Waals surface area (Å²) in [5, 5.41) is 0. The second-order valence-electron chi connectivity index (χ2n) is 8.02. The zero-order chi connectivity index (χ0) is 18.5. The molecule has 3 nitrogen and oxygen atoms in total. The molecule has 2 aliphatic rings. The molecule has 0 radical (unpaired) electrons. The normalized spacial score (nSPS) is 22.5. The molecule has 1 fully saturated rings. The van der Waals surface area contributed by atoms with Gasteiger partial charge in [-0.2, -0.15) is 0 Å². The average Bonchev–Trinajstić information content (AvgIpc) is 3.29. The topological polar surface area (TPSA) is 35.5 Å². The maximum Gasteiger partial charge on any atom is 0.133 e. The van der Waals surface area contributed by atoms with Crippen LogP contribution in [-0.2, 0) is 11.2 Å². The van der Waals surface area contributed by atoms with E-state index in [4.69, 9.17) is 9.47 Å². The van der Waals surface area contributed by atoms with E-state index in [-0.39, 0.29) is 23.1 Å². The minimum Gasteiger partial charge on any atom is -0.493 e. The number of halogens is 1. The fourth-order valence-corrected chi connectivity index (χ4v) is 3.77. The summed E-state index contributed by atoms with van der Waals surface area (Å²) in [6, 6.07) is 10.7. The summed E-state index contributed by atoms with van der Waals surface area (Å²) in [7, 11) is 0. The highest BCUT2D eigenvalue weighted by molar-refractivity contribution is 5.81. The van der Waals surface area contributed by atoms with Crippen LogP contribution in [0.2, 0.25) is 0 Å². The summed E-state index contributed by atoms with van der Waals surface area (Å²) in [4.78, 5) is 11.3. The predicted octanol–water partition coefficient (Wildman–Crippen LogP) is 4.81. The van der Waals surface area contributed by atoms with Crippen molar-refractivity contribution in [3.05, 3.63) is 47.8 Å². The van der Waals surface area contributed by atoms with Crippen molar-refractivity contribution >= 4 is 5.78 Å². The summed E-state index contributed by atoms with van der Waals surface area (Å²) < 4.78 is 25.7. The zero-order valence-corrected chi connectivity index (χ0v) is 15.3. The summed E-state index contributed by atoms with van der Waals surface area (Å²) in [5.74, 6) is 1.88. The van der Waals surface area contributed by atoms with Gasteiger partial charge in [0, 0.05) is 29.9 Å². The number of Topliss-reactive ketones (excluding diaryl/α,β-unsaturated/α-hetero) is 1. The Morgan fingerprint density at radius 2 is 2.00 bits per heavy atom. The molecule has 0 bridgehead atoms. The Hall–Kier alpha value is -2.36. The monoisotopic (exact) mass is 354 g/mol. The van der Waals surface area contributed by atoms with E-state index in [0.717, 1.165) is 35.3 Å². The van der Waals surface area contributed by atoms with Crippen LogP contribution < -0.4 is 9.47 Å². The molecular weight excluding hydrogens is 331 g/mol. The largest absolute Gasteiger partial charge is 0.493 e. The van der Waals surface area contributed by atoms with Gasteiger partial charge in [-0.25, -0.2) is 4.39 Å². The first-order chi connectivity index (χ1) is 12.3. The van der Waals surface area contributed by atoms with Gasteiger partial charge in [0.1, 0.15) is 28.7 Å². The Balaban J connectivity index is 1.51. The maximum absolute atomic E-state index is 14.0. The lowest BCUT2D eigenvalue weighted by Gasteiger charge is -2.16. The van der Waals surface area contributed by atoms with E-state index >= 15 is 0 Å². The Morgan fingerprint density at radius 3 is 2.65 bits per heavy atom. The average molecular weight is 354 g/mol. The molecule has 26 heavy (non-hydrogen) atoms. The molecule has 4 rings (SSSR count). The van der Waals surface area contributed by atoms with Crippen LogP contribution in [0.3, 0.4) is 0 Å². The van der Waals surface area contributed by atoms with Gasteiger partial charge in [0.15, 0.2) is 0 Å². The quantitative estimate of drug-likeness (QED) is 0.773. The lowest BCUT2D eigenvalue weighted by Crippen LogP contribution is -2.24. The van der Waals surface area contributed by atoms with Gasteiger partial charge in [-0.3, -0.25) is 4.79 Å². The first kappa shape index (κ1) is 17.1. The molecule has 1 aliphatic carbocycles. The first-order valence-electron chi connectivity index (χ1n) is 9.07. The van der Waals surface area contributed by atoms with Gasteiger partial charge in [-0.05, 0) is 56.5 Å². The molecule has 0 amide bonds. The fraction of sp³-hybridized carbons (Fsp3) is 0.409. The molecule has 0 N–H and O–H groups in total. The lowest BCUT2D eigenvalue weighted by atomic mass is 9.93. The standard InChI is InChI=1S/C22H23FO3/c1-13(24)18-8-15(18)12-25-17-6-4-14(5-7-17)19-9-16(23)10-21-20(19)11-22(2,3)26-21/h4-7,9-10,15,18H,8,11-12H2,1-3H3. The molecule has 2 atom stereocenters. The van der Waals surface area contributed by atoms with Crippen molar-refractivity contribution < 1.29 is 18.7 Å². The highest BCUT2D eigenvalue weighted by Gasteiger charge is 2.41. The number of carbonyl (C=O) groups excluding carboxylic acids is 1. The number of fused-ring (bicyclic) bond motifs is 1. The van der Waals surface area contributed by atoms with Crippen LogP contribution in [0.5, 0.6) is 11.5 Å². The van der Waals surface area contributed by atoms with Crippen molar-refractivity contribution in [2.45, 2.75) is 39.2 Å². The third kappa shape index (κ3) is 3.33. The highest BCUT2D eigenvalue weighted by atomic mass is 19.1. The van der Waals surface area contributed by atoms with Crippen molar-refractivity contribution in [2.75, 3.05) is 6.61 Å². The van der Waals surface area contributed by atoms with Crippen molar-refractivity contribution in [1.29, 1.82) is 0 Å². The number of rotatable bonds is 5. The smallest absolute Gasteiger partial charge is 0.133 e. The molecule has 136 valence electrons. The van der Waals surface area contributed by atoms with E-state index in [2.05, 4.69) is 0 Å². The van der Waals surface area contributed by atoms with Gasteiger partial charge in [0.05, 0.1) is 6.61 Å². The van der Waals surface area contributed by atoms with Crippen molar-refractivity contribution in [2.24, 2.45) is 11.8 Å². The number of benzene rings is 2. The molecule has 2 aromatic rings. The van der Waals surface area contributed by atoms with E-state index in [1.807, 2.05) is 38.1 Å². The van der Waals surface area contributed by atoms with Gasteiger partial charge in [0.25, 0.3) is 0 Å². The Kier molecular flexibility index (Phi) is 4.02. The zero-order valence-electron chi connectivity index (χ0n) is 15.3. The Morgan fingerprint density at radius 1 is 1.27 bits per heavy atom. The van der Waals surface area contributed by atoms with Crippen LogP contribution in [0, 0.1) is 17.7 Å². The van der Waals surface area contributed by atoms with Gasteiger partial charge in [-0.15, -0.1) is 0 Å². The van der Waals surface area contributed by atoms with Gasteiger partial charge in [-0.1, -0.05) is 12.1 Å². The fourth-order valence-electron chi connectivity index (χ4n) is 3.77. The maximum atomic E-state index is 14.0. The van der Waals surface area contributed by atoms with E-state index in [9.17, 15) is 9.18 Å². The number of carbonyl (C=O) groups is 1. The number of hydrogen-bond acceptors (Lipinski definition) is 3. The molecule has 0 spiro atoms. The SMILES string of the molecule is CC(=O)C1CC1COc1ccc(-c2cc(F)cc3c2CC(C)(C)O3)cc1. The summed E-state index contributed by atoms with van der Waals surface area (Å²) in [6.07, 6.45) is 1.68. The van der Waals surface area contributed by atoms with E-state index in [1.54, 1.807) is 13.0 Å². The van der Waals surface area contributed by atoms with Gasteiger partial charge < -0.3 is 9.47 Å². The van der Waals surface area contributed by atoms with E-state index < -0.39 is 0 Å².